The van der Waals surface area contributed by atoms with E-state index in [2.05, 4.69) is 19.7 Å². The van der Waals surface area contributed by atoms with Crippen molar-refractivity contribution in [3.05, 3.63) is 57.5 Å². The number of rotatable bonds is 4. The van der Waals surface area contributed by atoms with Crippen LogP contribution in [0.4, 0.5) is 0 Å². The molecule has 6 nitrogen and oxygen atoms in total. The highest BCUT2D eigenvalue weighted by Gasteiger charge is 2.19. The second kappa shape index (κ2) is 6.23. The summed E-state index contributed by atoms with van der Waals surface area (Å²) in [7, 11) is 1.32. The Hall–Kier alpha value is -2.84. The summed E-state index contributed by atoms with van der Waals surface area (Å²) in [6, 6.07) is 7.63. The van der Waals surface area contributed by atoms with Crippen molar-refractivity contribution >= 4 is 45.3 Å². The van der Waals surface area contributed by atoms with Gasteiger partial charge >= 0.3 is 5.97 Å². The normalized spacial score (nSPS) is 10.9. The minimum atomic E-state index is -0.436. The molecule has 0 aliphatic rings. The van der Waals surface area contributed by atoms with Gasteiger partial charge in [-0.2, -0.15) is 0 Å². The van der Waals surface area contributed by atoms with Crippen molar-refractivity contribution in [2.75, 3.05) is 7.11 Å². The third-order valence-electron chi connectivity index (χ3n) is 3.64. The van der Waals surface area contributed by atoms with Gasteiger partial charge in [0.2, 0.25) is 5.78 Å². The van der Waals surface area contributed by atoms with Crippen LogP contribution in [-0.2, 0) is 4.74 Å². The highest BCUT2D eigenvalue weighted by Crippen LogP contribution is 2.29. The van der Waals surface area contributed by atoms with Crippen LogP contribution in [-0.4, -0.2) is 33.8 Å². The van der Waals surface area contributed by atoms with Crippen LogP contribution < -0.4 is 0 Å². The van der Waals surface area contributed by atoms with Gasteiger partial charge in [0.05, 0.1) is 18.9 Å². The predicted octanol–water partition coefficient (Wildman–Crippen LogP) is 3.77. The lowest BCUT2D eigenvalue weighted by Crippen LogP contribution is -1.99. The number of carbonyl (C=O) groups excluding carboxylic acids is 2. The average Bonchev–Trinajstić information content (AvgIpc) is 3.38. The van der Waals surface area contributed by atoms with E-state index in [1.54, 1.807) is 11.6 Å². The molecule has 1 N–H and O–H groups in total. The number of hydrogen-bond donors (Lipinski definition) is 1. The van der Waals surface area contributed by atoms with Gasteiger partial charge in [-0.1, -0.05) is 18.2 Å². The zero-order chi connectivity index (χ0) is 17.4. The van der Waals surface area contributed by atoms with E-state index >= 15 is 0 Å². The van der Waals surface area contributed by atoms with Gasteiger partial charge in [-0.3, -0.25) is 4.79 Å². The van der Waals surface area contributed by atoms with Crippen molar-refractivity contribution in [3.63, 3.8) is 0 Å². The fourth-order valence-corrected chi connectivity index (χ4v) is 4.06. The van der Waals surface area contributed by atoms with Gasteiger partial charge in [0, 0.05) is 22.5 Å². The van der Waals surface area contributed by atoms with Crippen LogP contribution in [0.25, 0.3) is 21.6 Å². The Morgan fingerprint density at radius 3 is 2.92 bits per heavy atom. The van der Waals surface area contributed by atoms with Gasteiger partial charge in [-0.15, -0.1) is 22.7 Å². The Kier molecular flexibility index (Phi) is 3.90. The lowest BCUT2D eigenvalue weighted by atomic mass is 10.1. The van der Waals surface area contributed by atoms with E-state index in [1.807, 2.05) is 24.3 Å². The third kappa shape index (κ3) is 2.75. The summed E-state index contributed by atoms with van der Waals surface area (Å²) in [5.74, 6) is -0.576. The molecule has 4 rings (SSSR count). The summed E-state index contributed by atoms with van der Waals surface area (Å²) in [6.07, 6.45) is 3.15. The number of nitrogens with zero attached hydrogens (tertiary/aromatic N) is 2. The molecule has 3 aromatic heterocycles. The fourth-order valence-electron chi connectivity index (χ4n) is 2.44. The Labute approximate surface area is 150 Å². The highest BCUT2D eigenvalue weighted by molar-refractivity contribution is 7.17. The highest BCUT2D eigenvalue weighted by atomic mass is 32.1. The van der Waals surface area contributed by atoms with E-state index in [1.165, 1.54) is 36.0 Å². The van der Waals surface area contributed by atoms with E-state index in [-0.39, 0.29) is 5.78 Å². The number of para-hydroxylation sites is 1. The summed E-state index contributed by atoms with van der Waals surface area (Å²) in [5.41, 5.74) is 2.07. The maximum absolute atomic E-state index is 12.8. The van der Waals surface area contributed by atoms with Crippen LogP contribution in [0.15, 0.2) is 42.0 Å². The number of benzene rings is 1. The standard InChI is InChI=1S/C17H11N3O3S2/c1-23-17(22)13-7-19-15(25-13)12-8-24-16(20-12)14(21)10-6-18-11-5-3-2-4-9(10)11/h2-8,18H,1H3. The quantitative estimate of drug-likeness (QED) is 0.437. The zero-order valence-electron chi connectivity index (χ0n) is 13.0. The zero-order valence-corrected chi connectivity index (χ0v) is 14.6. The third-order valence-corrected chi connectivity index (χ3v) is 5.48. The van der Waals surface area contributed by atoms with Crippen molar-refractivity contribution in [3.8, 4) is 10.7 Å². The van der Waals surface area contributed by atoms with Crippen LogP contribution in [0.5, 0.6) is 0 Å². The largest absolute Gasteiger partial charge is 0.465 e. The van der Waals surface area contributed by atoms with E-state index < -0.39 is 5.97 Å². The summed E-state index contributed by atoms with van der Waals surface area (Å²) in [6.45, 7) is 0. The first-order chi connectivity index (χ1) is 12.2. The molecule has 0 saturated heterocycles. The molecule has 0 saturated carbocycles. The van der Waals surface area contributed by atoms with Crippen LogP contribution in [0.2, 0.25) is 0 Å². The summed E-state index contributed by atoms with van der Waals surface area (Å²) >= 11 is 2.44. The number of aromatic amines is 1. The first-order valence-corrected chi connectivity index (χ1v) is 8.98. The Balaban J connectivity index is 1.66. The molecule has 0 amide bonds. The number of hydrogen-bond acceptors (Lipinski definition) is 7. The molecule has 0 atom stereocenters. The molecule has 4 aromatic rings. The second-order valence-corrected chi connectivity index (χ2v) is 7.02. The number of aromatic nitrogens is 3. The number of ether oxygens (including phenoxy) is 1. The van der Waals surface area contributed by atoms with Crippen LogP contribution in [0.1, 0.15) is 25.0 Å². The maximum Gasteiger partial charge on any atom is 0.349 e. The minimum absolute atomic E-state index is 0.140. The van der Waals surface area contributed by atoms with Gasteiger partial charge in [0.15, 0.2) is 5.01 Å². The average molecular weight is 369 g/mol. The number of esters is 1. The van der Waals surface area contributed by atoms with Crippen LogP contribution in [0, 0.1) is 0 Å². The minimum Gasteiger partial charge on any atom is -0.465 e. The van der Waals surface area contributed by atoms with Gasteiger partial charge < -0.3 is 9.72 Å². The summed E-state index contributed by atoms with van der Waals surface area (Å²) in [5, 5.41) is 3.60. The molecule has 0 spiro atoms. The van der Waals surface area contributed by atoms with E-state index in [9.17, 15) is 9.59 Å². The van der Waals surface area contributed by atoms with E-state index in [0.717, 1.165) is 10.9 Å². The lowest BCUT2D eigenvalue weighted by Gasteiger charge is -1.95. The monoisotopic (exact) mass is 369 g/mol. The number of carbonyl (C=O) groups is 2. The molecule has 1 aromatic carbocycles. The molecular formula is C17H11N3O3S2. The molecule has 0 bridgehead atoms. The molecular weight excluding hydrogens is 358 g/mol. The fraction of sp³-hybridized carbons (Fsp3) is 0.0588. The number of thiazole rings is 2. The molecule has 124 valence electrons. The van der Waals surface area contributed by atoms with E-state index in [4.69, 9.17) is 0 Å². The molecule has 25 heavy (non-hydrogen) atoms. The summed E-state index contributed by atoms with van der Waals surface area (Å²) in [4.78, 5) is 36.4. The van der Waals surface area contributed by atoms with Crippen LogP contribution in [0.3, 0.4) is 0 Å². The molecule has 0 unspecified atom stereocenters. The van der Waals surface area contributed by atoms with Crippen molar-refractivity contribution in [2.45, 2.75) is 0 Å². The van der Waals surface area contributed by atoms with Gasteiger partial charge in [-0.25, -0.2) is 14.8 Å². The van der Waals surface area contributed by atoms with Gasteiger partial charge in [0.25, 0.3) is 0 Å². The molecule has 0 aliphatic heterocycles. The van der Waals surface area contributed by atoms with Gasteiger partial charge in [0.1, 0.15) is 15.6 Å². The molecule has 3 heterocycles. The Morgan fingerprint density at radius 2 is 2.08 bits per heavy atom. The molecule has 0 aliphatic carbocycles. The number of H-pyrrole nitrogens is 1. The summed E-state index contributed by atoms with van der Waals surface area (Å²) < 4.78 is 4.67. The van der Waals surface area contributed by atoms with Crippen molar-refractivity contribution in [2.24, 2.45) is 0 Å². The first-order valence-electron chi connectivity index (χ1n) is 7.28. The van der Waals surface area contributed by atoms with Crippen molar-refractivity contribution < 1.29 is 14.3 Å². The Bertz CT molecular complexity index is 1090. The number of nitrogens with one attached hydrogen (secondary N) is 1. The number of ketones is 1. The molecule has 0 radical (unpaired) electrons. The maximum atomic E-state index is 12.8. The smallest absolute Gasteiger partial charge is 0.349 e. The van der Waals surface area contributed by atoms with Gasteiger partial charge in [-0.05, 0) is 6.07 Å². The first kappa shape index (κ1) is 15.7. The number of fused-ring (bicyclic) bond motifs is 1. The van der Waals surface area contributed by atoms with Crippen LogP contribution >= 0.6 is 22.7 Å². The predicted molar refractivity (Wildman–Crippen MR) is 96.3 cm³/mol. The molecule has 0 fully saturated rings. The Morgan fingerprint density at radius 1 is 1.24 bits per heavy atom. The number of methoxy groups -OCH3 is 1. The van der Waals surface area contributed by atoms with Crippen molar-refractivity contribution in [1.29, 1.82) is 0 Å². The van der Waals surface area contributed by atoms with Crippen molar-refractivity contribution in [1.82, 2.24) is 15.0 Å². The van der Waals surface area contributed by atoms with E-state index in [0.29, 0.717) is 26.1 Å². The molecule has 8 heteroatoms. The SMILES string of the molecule is COC(=O)c1cnc(-c2csc(C(=O)c3c[nH]c4ccccc34)n2)s1. The second-order valence-electron chi connectivity index (χ2n) is 5.14. The lowest BCUT2D eigenvalue weighted by molar-refractivity contribution is 0.0606. The topological polar surface area (TPSA) is 84.9 Å².